The Morgan fingerprint density at radius 1 is 1.10 bits per heavy atom. The first-order valence-corrected chi connectivity index (χ1v) is 10.9. The van der Waals surface area contributed by atoms with Crippen LogP contribution in [0, 0.1) is 24.1 Å². The fourth-order valence-electron chi connectivity index (χ4n) is 3.49. The molecule has 2 heterocycles. The van der Waals surface area contributed by atoms with Crippen molar-refractivity contribution in [1.29, 1.82) is 5.26 Å². The van der Waals surface area contributed by atoms with E-state index < -0.39 is 22.2 Å². The Bertz CT molecular complexity index is 1440. The number of fused-ring (bicyclic) bond motifs is 1. The molecule has 0 aliphatic heterocycles. The highest BCUT2D eigenvalue weighted by Crippen LogP contribution is 2.28. The molecule has 0 radical (unpaired) electrons. The zero-order valence-electron chi connectivity index (χ0n) is 16.6. The molecule has 8 heteroatoms. The molecule has 0 saturated carbocycles. The van der Waals surface area contributed by atoms with E-state index in [1.165, 1.54) is 30.5 Å². The van der Waals surface area contributed by atoms with Crippen LogP contribution in [0.15, 0.2) is 71.9 Å². The normalized spacial score (nSPS) is 11.5. The van der Waals surface area contributed by atoms with Crippen LogP contribution in [0.3, 0.4) is 0 Å². The second-order valence-electron chi connectivity index (χ2n) is 7.27. The summed E-state index contributed by atoms with van der Waals surface area (Å²) in [6.07, 6.45) is 2.53. The Kier molecular flexibility index (Phi) is 5.21. The Labute approximate surface area is 178 Å². The topological polar surface area (TPSA) is 84.9 Å². The second-order valence-corrected chi connectivity index (χ2v) is 9.05. The number of hydrogen-bond acceptors (Lipinski definition) is 4. The molecule has 0 fully saturated rings. The predicted molar refractivity (Wildman–Crippen MR) is 114 cm³/mol. The zero-order valence-corrected chi connectivity index (χ0v) is 17.4. The maximum atomic E-state index is 13.4. The second kappa shape index (κ2) is 7.85. The molecule has 0 aliphatic carbocycles. The van der Waals surface area contributed by atoms with Gasteiger partial charge in [-0.25, -0.2) is 16.8 Å². The summed E-state index contributed by atoms with van der Waals surface area (Å²) in [7, 11) is -4.07. The number of aromatic nitrogens is 2. The summed E-state index contributed by atoms with van der Waals surface area (Å²) in [5, 5.41) is 9.51. The first-order valence-electron chi connectivity index (χ1n) is 9.47. The van der Waals surface area contributed by atoms with E-state index in [1.807, 2.05) is 6.92 Å². The van der Waals surface area contributed by atoms with Crippen molar-refractivity contribution in [3.8, 4) is 6.07 Å². The van der Waals surface area contributed by atoms with Crippen molar-refractivity contribution in [3.63, 3.8) is 0 Å². The van der Waals surface area contributed by atoms with Crippen LogP contribution in [0.1, 0.15) is 28.0 Å². The lowest BCUT2D eigenvalue weighted by Crippen LogP contribution is -2.18. The van der Waals surface area contributed by atoms with Crippen molar-refractivity contribution in [2.75, 3.05) is 0 Å². The average molecular weight is 435 g/mol. The van der Waals surface area contributed by atoms with E-state index in [9.17, 15) is 17.6 Å². The molecule has 0 unspecified atom stereocenters. The molecule has 0 saturated heterocycles. The summed E-state index contributed by atoms with van der Waals surface area (Å²) in [4.78, 5) is 12.6. The maximum Gasteiger partial charge on any atom is 0.268 e. The van der Waals surface area contributed by atoms with Crippen molar-refractivity contribution in [3.05, 3.63) is 89.6 Å². The molecule has 2 aromatic heterocycles. The van der Waals surface area contributed by atoms with Gasteiger partial charge in [0.15, 0.2) is 5.78 Å². The molecule has 0 aliphatic rings. The molecule has 0 spiro atoms. The first-order chi connectivity index (χ1) is 14.8. The molecule has 0 amide bonds. The number of benzene rings is 2. The highest BCUT2D eigenvalue weighted by molar-refractivity contribution is 7.90. The monoisotopic (exact) mass is 435 g/mol. The Balaban J connectivity index is 1.87. The number of nitriles is 1. The van der Waals surface area contributed by atoms with E-state index >= 15 is 0 Å². The van der Waals surface area contributed by atoms with E-state index in [0.717, 1.165) is 15.1 Å². The van der Waals surface area contributed by atoms with E-state index in [1.54, 1.807) is 47.2 Å². The summed E-state index contributed by atoms with van der Waals surface area (Å²) >= 11 is 0. The van der Waals surface area contributed by atoms with E-state index in [2.05, 4.69) is 0 Å². The molecule has 156 valence electrons. The maximum absolute atomic E-state index is 13.4. The summed E-state index contributed by atoms with van der Waals surface area (Å²) in [5.74, 6) is -0.927. The summed E-state index contributed by atoms with van der Waals surface area (Å²) in [6.45, 7) is 2.23. The highest BCUT2D eigenvalue weighted by Gasteiger charge is 2.26. The van der Waals surface area contributed by atoms with Gasteiger partial charge in [-0.15, -0.1) is 0 Å². The van der Waals surface area contributed by atoms with Crippen molar-refractivity contribution in [2.45, 2.75) is 24.8 Å². The largest absolute Gasteiger partial charge is 0.347 e. The number of carbonyl (C=O) groups is 1. The number of ketones is 1. The predicted octanol–water partition coefficient (Wildman–Crippen LogP) is 4.27. The standard InChI is InChI=1S/C23H18FN3O3S/c1-16-2-5-20(6-3-16)31(29,30)27-21-7-4-17(14-26-11-9-19(24)15-26)12-18(21)13-22(27)23(28)8-10-25/h2-7,9,11-13,15H,8,14H2,1H3. The molecule has 4 rings (SSSR count). The van der Waals surface area contributed by atoms with Crippen LogP contribution in [-0.2, 0) is 16.6 Å². The SMILES string of the molecule is Cc1ccc(S(=O)(=O)n2c(C(=O)CC#N)cc3cc(Cn4ccc(F)c4)ccc32)cc1. The fourth-order valence-corrected chi connectivity index (χ4v) is 5.02. The van der Waals surface area contributed by atoms with Gasteiger partial charge in [0, 0.05) is 24.3 Å². The van der Waals surface area contributed by atoms with E-state index in [-0.39, 0.29) is 16.4 Å². The molecule has 4 aromatic rings. The molecule has 31 heavy (non-hydrogen) atoms. The van der Waals surface area contributed by atoms with Gasteiger partial charge in [-0.3, -0.25) is 4.79 Å². The van der Waals surface area contributed by atoms with Gasteiger partial charge in [0.2, 0.25) is 0 Å². The molecular formula is C23H18FN3O3S. The lowest BCUT2D eigenvalue weighted by Gasteiger charge is -2.11. The lowest BCUT2D eigenvalue weighted by molar-refractivity contribution is 0.0992. The third kappa shape index (κ3) is 3.88. The molecule has 0 N–H and O–H groups in total. The van der Waals surface area contributed by atoms with E-state index in [4.69, 9.17) is 5.26 Å². The highest BCUT2D eigenvalue weighted by atomic mass is 32.2. The van der Waals surface area contributed by atoms with Crippen LogP contribution in [-0.4, -0.2) is 22.7 Å². The third-order valence-corrected chi connectivity index (χ3v) is 6.73. The number of Topliss-reactive ketones (excluding diaryl/α,β-unsaturated/α-hetero) is 1. The zero-order chi connectivity index (χ0) is 22.2. The molecule has 0 atom stereocenters. The Morgan fingerprint density at radius 3 is 2.48 bits per heavy atom. The van der Waals surface area contributed by atoms with Gasteiger partial charge in [-0.1, -0.05) is 23.8 Å². The van der Waals surface area contributed by atoms with Crippen LogP contribution in [0.25, 0.3) is 10.9 Å². The van der Waals surface area contributed by atoms with Gasteiger partial charge in [0.25, 0.3) is 10.0 Å². The van der Waals surface area contributed by atoms with Gasteiger partial charge in [0.05, 0.1) is 16.5 Å². The minimum absolute atomic E-state index is 0.0495. The van der Waals surface area contributed by atoms with Crippen LogP contribution < -0.4 is 0 Å². The van der Waals surface area contributed by atoms with Gasteiger partial charge >= 0.3 is 0 Å². The fraction of sp³-hybridized carbons (Fsp3) is 0.130. The van der Waals surface area contributed by atoms with Gasteiger partial charge in [0.1, 0.15) is 17.9 Å². The summed E-state index contributed by atoms with van der Waals surface area (Å²) in [5.41, 5.74) is 1.99. The van der Waals surface area contributed by atoms with Crippen molar-refractivity contribution in [1.82, 2.24) is 8.54 Å². The number of nitrogens with zero attached hydrogens (tertiary/aromatic N) is 3. The van der Waals surface area contributed by atoms with Crippen LogP contribution >= 0.6 is 0 Å². The van der Waals surface area contributed by atoms with Crippen LogP contribution in [0.5, 0.6) is 0 Å². The molecule has 2 aromatic carbocycles. The van der Waals surface area contributed by atoms with Crippen molar-refractivity contribution < 1.29 is 17.6 Å². The van der Waals surface area contributed by atoms with Crippen LogP contribution in [0.2, 0.25) is 0 Å². The molecule has 0 bridgehead atoms. The van der Waals surface area contributed by atoms with E-state index in [0.29, 0.717) is 17.4 Å². The minimum Gasteiger partial charge on any atom is -0.347 e. The summed E-state index contributed by atoms with van der Waals surface area (Å²) < 4.78 is 42.8. The average Bonchev–Trinajstić information content (AvgIpc) is 3.32. The third-order valence-electron chi connectivity index (χ3n) is 4.99. The smallest absolute Gasteiger partial charge is 0.268 e. The number of carbonyl (C=O) groups excluding carboxylic acids is 1. The quantitative estimate of drug-likeness (QED) is 0.423. The van der Waals surface area contributed by atoms with Crippen molar-refractivity contribution >= 4 is 26.7 Å². The Hall–Kier alpha value is -3.70. The minimum atomic E-state index is -4.07. The lowest BCUT2D eigenvalue weighted by atomic mass is 10.1. The summed E-state index contributed by atoms with van der Waals surface area (Å²) in [6, 6.07) is 16.1. The number of rotatable bonds is 6. The first kappa shape index (κ1) is 20.6. The Morgan fingerprint density at radius 2 is 1.84 bits per heavy atom. The number of hydrogen-bond donors (Lipinski definition) is 0. The molecule has 6 nitrogen and oxygen atoms in total. The van der Waals surface area contributed by atoms with Crippen molar-refractivity contribution in [2.24, 2.45) is 0 Å². The van der Waals surface area contributed by atoms with Crippen LogP contribution in [0.4, 0.5) is 4.39 Å². The number of halogens is 1. The van der Waals surface area contributed by atoms with Gasteiger partial charge in [-0.2, -0.15) is 5.26 Å². The van der Waals surface area contributed by atoms with Gasteiger partial charge in [-0.05, 0) is 48.9 Å². The number of aryl methyl sites for hydroxylation is 1. The van der Waals surface area contributed by atoms with Gasteiger partial charge < -0.3 is 4.57 Å². The molecular weight excluding hydrogens is 417 g/mol.